The Morgan fingerprint density at radius 3 is 2.33 bits per heavy atom. The number of Topliss-reactive ketones (excluding diaryl/α,β-unsaturated/α-hetero) is 1. The lowest BCUT2D eigenvalue weighted by molar-refractivity contribution is -0.122. The molecule has 12 heavy (non-hydrogen) atoms. The Balaban J connectivity index is 3.58. The monoisotopic (exact) mass is 196 g/mol. The predicted molar refractivity (Wildman–Crippen MR) is 42.5 cm³/mol. The van der Waals surface area contributed by atoms with Crippen LogP contribution < -0.4 is 0 Å². The van der Waals surface area contributed by atoms with Gasteiger partial charge in [0.2, 0.25) is 0 Å². The summed E-state index contributed by atoms with van der Waals surface area (Å²) in [5, 5.41) is 0. The van der Waals surface area contributed by atoms with E-state index in [4.69, 9.17) is 9.79 Å². The lowest BCUT2D eigenvalue weighted by atomic mass is 10.1. The van der Waals surface area contributed by atoms with E-state index in [0.717, 1.165) is 0 Å². The maximum atomic E-state index is 10.9. The van der Waals surface area contributed by atoms with Gasteiger partial charge in [-0.3, -0.25) is 9.32 Å². The highest BCUT2D eigenvalue weighted by Gasteiger charge is 2.15. The molecule has 6 heteroatoms. The molecular formula is C6H13O5P. The van der Waals surface area contributed by atoms with Gasteiger partial charge in [0, 0.05) is 12.3 Å². The Hall–Kier alpha value is -0.220. The number of rotatable bonds is 5. The Labute approximate surface area is 71.0 Å². The molecule has 0 heterocycles. The van der Waals surface area contributed by atoms with E-state index in [0.29, 0.717) is 0 Å². The zero-order chi connectivity index (χ0) is 9.78. The Morgan fingerprint density at radius 2 is 2.00 bits per heavy atom. The van der Waals surface area contributed by atoms with E-state index < -0.39 is 7.82 Å². The molecule has 0 fully saturated rings. The van der Waals surface area contributed by atoms with E-state index in [1.165, 1.54) is 0 Å². The van der Waals surface area contributed by atoms with Crippen molar-refractivity contribution < 1.29 is 23.7 Å². The van der Waals surface area contributed by atoms with Gasteiger partial charge in [0.05, 0.1) is 6.61 Å². The van der Waals surface area contributed by atoms with Crippen molar-refractivity contribution in [1.29, 1.82) is 0 Å². The van der Waals surface area contributed by atoms with Crippen LogP contribution in [0.1, 0.15) is 20.3 Å². The summed E-state index contributed by atoms with van der Waals surface area (Å²) >= 11 is 0. The summed E-state index contributed by atoms with van der Waals surface area (Å²) in [6.07, 6.45) is 0.0444. The van der Waals surface area contributed by atoms with E-state index >= 15 is 0 Å². The van der Waals surface area contributed by atoms with Crippen molar-refractivity contribution in [2.24, 2.45) is 5.92 Å². The summed E-state index contributed by atoms with van der Waals surface area (Å²) in [6.45, 7) is 3.22. The highest BCUT2D eigenvalue weighted by molar-refractivity contribution is 7.46. The lowest BCUT2D eigenvalue weighted by Gasteiger charge is -2.05. The number of carbonyl (C=O) groups excluding carboxylic acids is 1. The molecule has 2 N–H and O–H groups in total. The van der Waals surface area contributed by atoms with Crippen molar-refractivity contribution >= 4 is 13.6 Å². The summed E-state index contributed by atoms with van der Waals surface area (Å²) in [6, 6.07) is 0. The molecule has 0 aliphatic carbocycles. The molecule has 0 aliphatic rings. The Kier molecular flexibility index (Phi) is 4.63. The largest absolute Gasteiger partial charge is 0.469 e. The molecule has 0 rings (SSSR count). The second-order valence-corrected chi connectivity index (χ2v) is 3.93. The summed E-state index contributed by atoms with van der Waals surface area (Å²) < 4.78 is 14.2. The highest BCUT2D eigenvalue weighted by Crippen LogP contribution is 2.35. The lowest BCUT2D eigenvalue weighted by Crippen LogP contribution is -2.09. The second-order valence-electron chi connectivity index (χ2n) is 2.69. The van der Waals surface area contributed by atoms with Gasteiger partial charge >= 0.3 is 7.82 Å². The summed E-state index contributed by atoms with van der Waals surface area (Å²) in [5.41, 5.74) is 0. The molecule has 0 saturated carbocycles. The van der Waals surface area contributed by atoms with Crippen molar-refractivity contribution in [2.45, 2.75) is 20.3 Å². The molecule has 5 nitrogen and oxygen atoms in total. The molecule has 0 aromatic carbocycles. The number of hydrogen-bond donors (Lipinski definition) is 2. The maximum absolute atomic E-state index is 10.9. The SMILES string of the molecule is CC(C)C(=O)CCOP(=O)(O)O. The van der Waals surface area contributed by atoms with E-state index in [9.17, 15) is 9.36 Å². The van der Waals surface area contributed by atoms with Crippen molar-refractivity contribution in [2.75, 3.05) is 6.61 Å². The normalized spacial score (nSPS) is 12.1. The molecule has 0 aliphatic heterocycles. The van der Waals surface area contributed by atoms with Gasteiger partial charge in [-0.15, -0.1) is 0 Å². The van der Waals surface area contributed by atoms with Crippen LogP contribution in [-0.2, 0) is 13.9 Å². The standard InChI is InChI=1S/C6H13O5P/c1-5(2)6(7)3-4-11-12(8,9)10/h5H,3-4H2,1-2H3,(H2,8,9,10). The Morgan fingerprint density at radius 1 is 1.50 bits per heavy atom. The van der Waals surface area contributed by atoms with Gasteiger partial charge in [-0.25, -0.2) is 4.57 Å². The molecule has 0 amide bonds. The number of hydrogen-bond acceptors (Lipinski definition) is 3. The van der Waals surface area contributed by atoms with Gasteiger partial charge in [-0.2, -0.15) is 0 Å². The van der Waals surface area contributed by atoms with Crippen LogP contribution in [0.2, 0.25) is 0 Å². The van der Waals surface area contributed by atoms with Crippen LogP contribution in [0, 0.1) is 5.92 Å². The first-order valence-corrected chi connectivity index (χ1v) is 5.09. The molecule has 0 aromatic rings. The topological polar surface area (TPSA) is 83.8 Å². The van der Waals surface area contributed by atoms with Crippen LogP contribution in [0.4, 0.5) is 0 Å². The first kappa shape index (κ1) is 11.8. The minimum atomic E-state index is -4.40. The summed E-state index contributed by atoms with van der Waals surface area (Å²) in [5.74, 6) is -0.186. The van der Waals surface area contributed by atoms with E-state index in [-0.39, 0.29) is 24.7 Å². The minimum Gasteiger partial charge on any atom is -0.303 e. The third-order valence-corrected chi connectivity index (χ3v) is 1.77. The fraction of sp³-hybridized carbons (Fsp3) is 0.833. The van der Waals surface area contributed by atoms with E-state index in [2.05, 4.69) is 4.52 Å². The van der Waals surface area contributed by atoms with Crippen LogP contribution >= 0.6 is 7.82 Å². The van der Waals surface area contributed by atoms with Crippen LogP contribution in [0.5, 0.6) is 0 Å². The second kappa shape index (κ2) is 4.72. The zero-order valence-corrected chi connectivity index (χ0v) is 7.95. The van der Waals surface area contributed by atoms with Crippen molar-refractivity contribution in [3.05, 3.63) is 0 Å². The highest BCUT2D eigenvalue weighted by atomic mass is 31.2. The fourth-order valence-corrected chi connectivity index (χ4v) is 0.883. The molecule has 0 unspecified atom stereocenters. The van der Waals surface area contributed by atoms with Gasteiger partial charge in [0.25, 0.3) is 0 Å². The van der Waals surface area contributed by atoms with Gasteiger partial charge in [-0.1, -0.05) is 13.8 Å². The number of ketones is 1. The molecule has 0 bridgehead atoms. The molecular weight excluding hydrogens is 183 g/mol. The quantitative estimate of drug-likeness (QED) is 0.632. The van der Waals surface area contributed by atoms with E-state index in [1.54, 1.807) is 13.8 Å². The molecule has 0 spiro atoms. The molecule has 72 valence electrons. The fourth-order valence-electron chi connectivity index (χ4n) is 0.554. The maximum Gasteiger partial charge on any atom is 0.469 e. The molecule has 0 atom stereocenters. The van der Waals surface area contributed by atoms with Gasteiger partial charge < -0.3 is 9.79 Å². The summed E-state index contributed by atoms with van der Waals surface area (Å²) in [4.78, 5) is 27.4. The van der Waals surface area contributed by atoms with E-state index in [1.807, 2.05) is 0 Å². The third kappa shape index (κ3) is 6.49. The minimum absolute atomic E-state index is 0.0444. The third-order valence-electron chi connectivity index (χ3n) is 1.25. The predicted octanol–water partition coefficient (Wildman–Crippen LogP) is 0.711. The van der Waals surface area contributed by atoms with Crippen LogP contribution in [0.3, 0.4) is 0 Å². The summed E-state index contributed by atoms with van der Waals surface area (Å²) in [7, 11) is -4.40. The average Bonchev–Trinajstić information content (AvgIpc) is 1.84. The molecule has 0 radical (unpaired) electrons. The van der Waals surface area contributed by atoms with Gasteiger partial charge in [0.1, 0.15) is 5.78 Å². The number of phosphoric acid groups is 1. The average molecular weight is 196 g/mol. The first-order chi connectivity index (χ1) is 5.33. The van der Waals surface area contributed by atoms with Crippen LogP contribution in [0.25, 0.3) is 0 Å². The zero-order valence-electron chi connectivity index (χ0n) is 7.06. The first-order valence-electron chi connectivity index (χ1n) is 3.55. The number of carbonyl (C=O) groups is 1. The molecule has 0 aromatic heterocycles. The van der Waals surface area contributed by atoms with Crippen LogP contribution in [0.15, 0.2) is 0 Å². The Bertz CT molecular complexity index is 194. The smallest absolute Gasteiger partial charge is 0.303 e. The number of phosphoric ester groups is 1. The molecule has 0 saturated heterocycles. The van der Waals surface area contributed by atoms with Crippen molar-refractivity contribution in [1.82, 2.24) is 0 Å². The van der Waals surface area contributed by atoms with Crippen molar-refractivity contribution in [3.8, 4) is 0 Å². The van der Waals surface area contributed by atoms with Gasteiger partial charge in [0.15, 0.2) is 0 Å². The van der Waals surface area contributed by atoms with Crippen molar-refractivity contribution in [3.63, 3.8) is 0 Å². The van der Waals surface area contributed by atoms with Gasteiger partial charge in [-0.05, 0) is 0 Å². The van der Waals surface area contributed by atoms with Crippen LogP contribution in [-0.4, -0.2) is 22.2 Å².